The van der Waals surface area contributed by atoms with Gasteiger partial charge < -0.3 is 15.0 Å². The van der Waals surface area contributed by atoms with Crippen molar-refractivity contribution in [2.75, 3.05) is 24.6 Å². The monoisotopic (exact) mass is 427 g/mol. The van der Waals surface area contributed by atoms with Gasteiger partial charge in [-0.05, 0) is 51.2 Å². The highest BCUT2D eigenvalue weighted by atomic mass is 32.1. The Kier molecular flexibility index (Phi) is 6.67. The third-order valence-corrected chi connectivity index (χ3v) is 6.93. The zero-order valence-electron chi connectivity index (χ0n) is 17.5. The molecule has 0 saturated carbocycles. The summed E-state index contributed by atoms with van der Waals surface area (Å²) in [5.74, 6) is 0.286. The van der Waals surface area contributed by atoms with Crippen LogP contribution in [0.15, 0.2) is 24.3 Å². The smallest absolute Gasteiger partial charge is 0.227 e. The molecule has 2 aromatic rings. The van der Waals surface area contributed by atoms with Crippen molar-refractivity contribution in [2.45, 2.75) is 51.9 Å². The summed E-state index contributed by atoms with van der Waals surface area (Å²) in [6.45, 7) is 3.46. The Morgan fingerprint density at radius 1 is 1.30 bits per heavy atom. The SMILES string of the molecule is CCOc1ccccc1N1CC(C(=O)NCCCc2nc3c(s2)CCCC3)CC1=O. The molecule has 2 amide bonds. The van der Waals surface area contributed by atoms with Gasteiger partial charge in [-0.15, -0.1) is 11.3 Å². The van der Waals surface area contributed by atoms with E-state index in [1.54, 1.807) is 4.90 Å². The van der Waals surface area contributed by atoms with Crippen molar-refractivity contribution >= 4 is 28.8 Å². The summed E-state index contributed by atoms with van der Waals surface area (Å²) < 4.78 is 5.65. The first-order valence-corrected chi connectivity index (χ1v) is 11.7. The van der Waals surface area contributed by atoms with Gasteiger partial charge in [0, 0.05) is 30.8 Å². The largest absolute Gasteiger partial charge is 0.492 e. The number of ether oxygens (including phenoxy) is 1. The van der Waals surface area contributed by atoms with E-state index in [1.165, 1.54) is 34.8 Å². The van der Waals surface area contributed by atoms with Crippen LogP contribution >= 0.6 is 11.3 Å². The van der Waals surface area contributed by atoms with E-state index >= 15 is 0 Å². The fourth-order valence-corrected chi connectivity index (χ4v) is 5.38. The Morgan fingerprint density at radius 3 is 2.97 bits per heavy atom. The first kappa shape index (κ1) is 20.8. The van der Waals surface area contributed by atoms with E-state index in [1.807, 2.05) is 42.5 Å². The minimum Gasteiger partial charge on any atom is -0.492 e. The van der Waals surface area contributed by atoms with Gasteiger partial charge in [0.15, 0.2) is 0 Å². The van der Waals surface area contributed by atoms with E-state index < -0.39 is 0 Å². The summed E-state index contributed by atoms with van der Waals surface area (Å²) in [5, 5.41) is 4.20. The second-order valence-electron chi connectivity index (χ2n) is 7.89. The van der Waals surface area contributed by atoms with E-state index in [9.17, 15) is 9.59 Å². The van der Waals surface area contributed by atoms with Crippen LogP contribution in [-0.4, -0.2) is 36.5 Å². The van der Waals surface area contributed by atoms with Gasteiger partial charge in [0.05, 0.1) is 28.9 Å². The predicted molar refractivity (Wildman–Crippen MR) is 118 cm³/mol. The van der Waals surface area contributed by atoms with Gasteiger partial charge in [-0.1, -0.05) is 12.1 Å². The summed E-state index contributed by atoms with van der Waals surface area (Å²) in [7, 11) is 0. The van der Waals surface area contributed by atoms with Crippen LogP contribution in [0.3, 0.4) is 0 Å². The Labute approximate surface area is 181 Å². The fourth-order valence-electron chi connectivity index (χ4n) is 4.18. The molecular weight excluding hydrogens is 398 g/mol. The van der Waals surface area contributed by atoms with E-state index in [-0.39, 0.29) is 24.2 Å². The van der Waals surface area contributed by atoms with Crippen molar-refractivity contribution in [1.29, 1.82) is 0 Å². The van der Waals surface area contributed by atoms with Gasteiger partial charge >= 0.3 is 0 Å². The number of aromatic nitrogens is 1. The maximum Gasteiger partial charge on any atom is 0.227 e. The number of benzene rings is 1. The number of fused-ring (bicyclic) bond motifs is 1. The van der Waals surface area contributed by atoms with Crippen LogP contribution in [0.1, 0.15) is 48.2 Å². The molecule has 2 heterocycles. The molecule has 6 nitrogen and oxygen atoms in total. The lowest BCUT2D eigenvalue weighted by molar-refractivity contribution is -0.126. The van der Waals surface area contributed by atoms with Crippen LogP contribution < -0.4 is 15.0 Å². The molecule has 1 aromatic heterocycles. The number of hydrogen-bond donors (Lipinski definition) is 1. The molecule has 0 bridgehead atoms. The van der Waals surface area contributed by atoms with Crippen molar-refractivity contribution in [2.24, 2.45) is 5.92 Å². The second kappa shape index (κ2) is 9.60. The van der Waals surface area contributed by atoms with Gasteiger partial charge in [0.1, 0.15) is 5.75 Å². The number of anilines is 1. The normalized spacial score (nSPS) is 18.4. The highest BCUT2D eigenvalue weighted by molar-refractivity contribution is 7.11. The van der Waals surface area contributed by atoms with E-state index in [0.717, 1.165) is 24.9 Å². The molecule has 1 atom stereocenters. The number of nitrogens with zero attached hydrogens (tertiary/aromatic N) is 2. The predicted octanol–water partition coefficient (Wildman–Crippen LogP) is 3.52. The molecule has 1 saturated heterocycles. The summed E-state index contributed by atoms with van der Waals surface area (Å²) in [5.41, 5.74) is 2.04. The third kappa shape index (κ3) is 4.67. The van der Waals surface area contributed by atoms with Crippen LogP contribution in [0.5, 0.6) is 5.75 Å². The molecule has 1 aromatic carbocycles. The van der Waals surface area contributed by atoms with Crippen LogP contribution in [0.2, 0.25) is 0 Å². The second-order valence-corrected chi connectivity index (χ2v) is 9.05. The maximum atomic E-state index is 12.6. The molecule has 1 aliphatic heterocycles. The molecule has 0 spiro atoms. The van der Waals surface area contributed by atoms with Gasteiger partial charge in [-0.3, -0.25) is 9.59 Å². The number of rotatable bonds is 8. The molecule has 1 aliphatic carbocycles. The highest BCUT2D eigenvalue weighted by Crippen LogP contribution is 2.33. The van der Waals surface area contributed by atoms with Crippen molar-refractivity contribution in [1.82, 2.24) is 10.3 Å². The number of aryl methyl sites for hydroxylation is 3. The summed E-state index contributed by atoms with van der Waals surface area (Å²) >= 11 is 1.84. The minimum absolute atomic E-state index is 0.0318. The summed E-state index contributed by atoms with van der Waals surface area (Å²) in [6.07, 6.45) is 6.81. The Morgan fingerprint density at radius 2 is 2.13 bits per heavy atom. The summed E-state index contributed by atoms with van der Waals surface area (Å²) in [4.78, 5) is 33.1. The lowest BCUT2D eigenvalue weighted by Gasteiger charge is -2.20. The van der Waals surface area contributed by atoms with Crippen LogP contribution in [0, 0.1) is 5.92 Å². The molecule has 1 N–H and O–H groups in total. The molecule has 1 unspecified atom stereocenters. The zero-order chi connectivity index (χ0) is 20.9. The molecule has 30 heavy (non-hydrogen) atoms. The van der Waals surface area contributed by atoms with Gasteiger partial charge in [0.2, 0.25) is 11.8 Å². The third-order valence-electron chi connectivity index (χ3n) is 5.71. The molecule has 4 rings (SSSR count). The number of nitrogens with one attached hydrogen (secondary N) is 1. The van der Waals surface area contributed by atoms with Gasteiger partial charge in [-0.2, -0.15) is 0 Å². The van der Waals surface area contributed by atoms with E-state index in [0.29, 0.717) is 25.4 Å². The molecule has 0 radical (unpaired) electrons. The Balaban J connectivity index is 1.26. The van der Waals surface area contributed by atoms with Crippen molar-refractivity contribution in [3.8, 4) is 5.75 Å². The minimum atomic E-state index is -0.320. The fraction of sp³-hybridized carbons (Fsp3) is 0.522. The van der Waals surface area contributed by atoms with Crippen LogP contribution in [0.25, 0.3) is 0 Å². The first-order valence-electron chi connectivity index (χ1n) is 10.9. The van der Waals surface area contributed by atoms with E-state index in [2.05, 4.69) is 5.32 Å². The molecule has 160 valence electrons. The molecule has 2 aliphatic rings. The van der Waals surface area contributed by atoms with Crippen molar-refractivity contribution < 1.29 is 14.3 Å². The topological polar surface area (TPSA) is 71.5 Å². The molecule has 1 fully saturated rings. The lowest BCUT2D eigenvalue weighted by Crippen LogP contribution is -2.33. The Hall–Kier alpha value is -2.41. The number of carbonyl (C=O) groups is 2. The van der Waals surface area contributed by atoms with Crippen molar-refractivity contribution in [3.05, 3.63) is 39.8 Å². The average molecular weight is 428 g/mol. The number of amides is 2. The standard InChI is InChI=1S/C23H29N3O3S/c1-2-29-19-10-5-4-9-18(19)26-15-16(14-22(26)27)23(28)24-13-7-12-21-25-17-8-3-6-11-20(17)30-21/h4-5,9-10,16H,2-3,6-8,11-15H2,1H3,(H,24,28). The molecule has 7 heteroatoms. The maximum absolute atomic E-state index is 12.6. The zero-order valence-corrected chi connectivity index (χ0v) is 18.3. The lowest BCUT2D eigenvalue weighted by atomic mass is 10.0. The first-order chi connectivity index (χ1) is 14.7. The number of carbonyl (C=O) groups excluding carboxylic acids is 2. The quantitative estimate of drug-likeness (QED) is 0.655. The molecular formula is C23H29N3O3S. The average Bonchev–Trinajstić information content (AvgIpc) is 3.35. The highest BCUT2D eigenvalue weighted by Gasteiger charge is 2.36. The van der Waals surface area contributed by atoms with Crippen molar-refractivity contribution in [3.63, 3.8) is 0 Å². The number of hydrogen-bond acceptors (Lipinski definition) is 5. The number of thiazole rings is 1. The van der Waals surface area contributed by atoms with Crippen LogP contribution in [-0.2, 0) is 28.9 Å². The van der Waals surface area contributed by atoms with E-state index in [4.69, 9.17) is 9.72 Å². The van der Waals surface area contributed by atoms with Gasteiger partial charge in [-0.25, -0.2) is 4.98 Å². The Bertz CT molecular complexity index is 887. The summed E-state index contributed by atoms with van der Waals surface area (Å²) in [6, 6.07) is 7.50. The van der Waals surface area contributed by atoms with Gasteiger partial charge in [0.25, 0.3) is 0 Å². The number of para-hydroxylation sites is 2. The van der Waals surface area contributed by atoms with Crippen LogP contribution in [0.4, 0.5) is 5.69 Å².